The first kappa shape index (κ1) is 16.5. The number of carbonyl (C=O) groups excluding carboxylic acids is 2. The van der Waals surface area contributed by atoms with E-state index in [-0.39, 0.29) is 24.0 Å². The van der Waals surface area contributed by atoms with Crippen molar-refractivity contribution in [2.45, 2.75) is 0 Å². The van der Waals surface area contributed by atoms with E-state index in [0.717, 1.165) is 11.0 Å². The van der Waals surface area contributed by atoms with Gasteiger partial charge < -0.3 is 10.6 Å². The molecule has 0 aliphatic heterocycles. The van der Waals surface area contributed by atoms with Gasteiger partial charge in [-0.15, -0.1) is 0 Å². The van der Waals surface area contributed by atoms with Gasteiger partial charge in [0.1, 0.15) is 0 Å². The van der Waals surface area contributed by atoms with Crippen LogP contribution in [-0.2, 0) is 18.9 Å². The Labute approximate surface area is 143 Å². The second-order valence-corrected chi connectivity index (χ2v) is 5.70. The number of hydrogen-bond donors (Lipinski definition) is 2. The number of hydrogen-bond acceptors (Lipinski definition) is 3. The maximum atomic E-state index is 12.0. The Morgan fingerprint density at radius 1 is 0.960 bits per heavy atom. The third-order valence-corrected chi connectivity index (χ3v) is 4.00. The standard InChI is InChI=1S/C18H18N4O3/c1-21-14-9-8-13(10-15(14)22(2)18(21)25)20-16(23)11-19-17(24)12-6-4-3-5-7-12/h3-10H,11H2,1-2H3,(H,19,24)(H,20,23). The molecule has 0 bridgehead atoms. The number of anilines is 1. The van der Waals surface area contributed by atoms with Gasteiger partial charge >= 0.3 is 5.69 Å². The number of aryl methyl sites for hydroxylation is 2. The molecule has 0 aliphatic rings. The molecule has 0 spiro atoms. The van der Waals surface area contributed by atoms with E-state index in [1.54, 1.807) is 61.1 Å². The Bertz CT molecular complexity index is 1000. The summed E-state index contributed by atoms with van der Waals surface area (Å²) in [5.41, 5.74) is 2.43. The van der Waals surface area contributed by atoms with Crippen molar-refractivity contribution in [3.63, 3.8) is 0 Å². The van der Waals surface area contributed by atoms with Crippen LogP contribution in [0, 0.1) is 0 Å². The van der Waals surface area contributed by atoms with Gasteiger partial charge in [-0.1, -0.05) is 18.2 Å². The molecule has 0 unspecified atom stereocenters. The fourth-order valence-electron chi connectivity index (χ4n) is 2.64. The second kappa shape index (κ2) is 6.64. The molecule has 2 N–H and O–H groups in total. The average molecular weight is 338 g/mol. The number of nitrogens with zero attached hydrogens (tertiary/aromatic N) is 2. The zero-order valence-corrected chi connectivity index (χ0v) is 13.9. The quantitative estimate of drug-likeness (QED) is 0.751. The van der Waals surface area contributed by atoms with Crippen LogP contribution in [0.4, 0.5) is 5.69 Å². The van der Waals surface area contributed by atoms with Gasteiger partial charge in [-0.25, -0.2) is 4.79 Å². The molecular weight excluding hydrogens is 320 g/mol. The van der Waals surface area contributed by atoms with Crippen molar-refractivity contribution in [3.8, 4) is 0 Å². The topological polar surface area (TPSA) is 85.1 Å². The third kappa shape index (κ3) is 3.30. The molecule has 2 aromatic carbocycles. The number of imidazole rings is 1. The fraction of sp³-hybridized carbons (Fsp3) is 0.167. The summed E-state index contributed by atoms with van der Waals surface area (Å²) >= 11 is 0. The normalized spacial score (nSPS) is 10.6. The highest BCUT2D eigenvalue weighted by molar-refractivity contribution is 5.99. The highest BCUT2D eigenvalue weighted by Crippen LogP contribution is 2.17. The van der Waals surface area contributed by atoms with Gasteiger partial charge in [-0.05, 0) is 30.3 Å². The smallest absolute Gasteiger partial charge is 0.328 e. The maximum Gasteiger partial charge on any atom is 0.328 e. The van der Waals surface area contributed by atoms with E-state index >= 15 is 0 Å². The van der Waals surface area contributed by atoms with Gasteiger partial charge in [-0.2, -0.15) is 0 Å². The Hall–Kier alpha value is -3.35. The molecule has 0 atom stereocenters. The van der Waals surface area contributed by atoms with E-state index in [1.165, 1.54) is 4.57 Å². The Morgan fingerprint density at radius 3 is 2.36 bits per heavy atom. The molecule has 2 amide bonds. The van der Waals surface area contributed by atoms with Gasteiger partial charge in [-0.3, -0.25) is 18.7 Å². The molecule has 0 saturated heterocycles. The number of aromatic nitrogens is 2. The summed E-state index contributed by atoms with van der Waals surface area (Å²) in [6, 6.07) is 13.9. The second-order valence-electron chi connectivity index (χ2n) is 5.70. The summed E-state index contributed by atoms with van der Waals surface area (Å²) < 4.78 is 3.06. The van der Waals surface area contributed by atoms with E-state index < -0.39 is 0 Å². The molecule has 0 saturated carbocycles. The summed E-state index contributed by atoms with van der Waals surface area (Å²) in [6.07, 6.45) is 0. The molecule has 128 valence electrons. The lowest BCUT2D eigenvalue weighted by molar-refractivity contribution is -0.115. The summed E-state index contributed by atoms with van der Waals surface area (Å²) in [7, 11) is 3.37. The third-order valence-electron chi connectivity index (χ3n) is 4.00. The number of benzene rings is 2. The Morgan fingerprint density at radius 2 is 1.64 bits per heavy atom. The number of nitrogens with one attached hydrogen (secondary N) is 2. The van der Waals surface area contributed by atoms with E-state index in [0.29, 0.717) is 11.3 Å². The van der Waals surface area contributed by atoms with Gasteiger partial charge in [0.15, 0.2) is 0 Å². The van der Waals surface area contributed by atoms with Crippen LogP contribution in [0.3, 0.4) is 0 Å². The number of carbonyl (C=O) groups is 2. The van der Waals surface area contributed by atoms with E-state index in [9.17, 15) is 14.4 Å². The van der Waals surface area contributed by atoms with Crippen molar-refractivity contribution in [1.82, 2.24) is 14.5 Å². The summed E-state index contributed by atoms with van der Waals surface area (Å²) in [5.74, 6) is -0.652. The van der Waals surface area contributed by atoms with E-state index in [4.69, 9.17) is 0 Å². The zero-order valence-electron chi connectivity index (χ0n) is 13.9. The first-order valence-electron chi connectivity index (χ1n) is 7.76. The van der Waals surface area contributed by atoms with Crippen molar-refractivity contribution in [3.05, 3.63) is 64.6 Å². The van der Waals surface area contributed by atoms with Crippen LogP contribution < -0.4 is 16.3 Å². The lowest BCUT2D eigenvalue weighted by Crippen LogP contribution is -2.32. The molecule has 7 nitrogen and oxygen atoms in total. The maximum absolute atomic E-state index is 12.0. The van der Waals surface area contributed by atoms with Gasteiger partial charge in [0, 0.05) is 25.3 Å². The lowest BCUT2D eigenvalue weighted by Gasteiger charge is -2.07. The van der Waals surface area contributed by atoms with E-state index in [1.807, 2.05) is 6.07 Å². The van der Waals surface area contributed by atoms with Crippen molar-refractivity contribution in [2.24, 2.45) is 14.1 Å². The molecule has 3 rings (SSSR count). The minimum atomic E-state index is -0.343. The van der Waals surface area contributed by atoms with Crippen molar-refractivity contribution >= 4 is 28.5 Å². The lowest BCUT2D eigenvalue weighted by atomic mass is 10.2. The Balaban J connectivity index is 1.67. The predicted molar refractivity (Wildman–Crippen MR) is 95.6 cm³/mol. The molecule has 1 heterocycles. The van der Waals surface area contributed by atoms with Crippen LogP contribution >= 0.6 is 0 Å². The zero-order chi connectivity index (χ0) is 18.0. The van der Waals surface area contributed by atoms with Crippen LogP contribution in [0.2, 0.25) is 0 Å². The fourth-order valence-corrected chi connectivity index (χ4v) is 2.64. The van der Waals surface area contributed by atoms with Crippen molar-refractivity contribution < 1.29 is 9.59 Å². The number of fused-ring (bicyclic) bond motifs is 1. The monoisotopic (exact) mass is 338 g/mol. The van der Waals surface area contributed by atoms with Gasteiger partial charge in [0.05, 0.1) is 17.6 Å². The minimum Gasteiger partial charge on any atom is -0.343 e. The average Bonchev–Trinajstić information content (AvgIpc) is 2.84. The molecule has 25 heavy (non-hydrogen) atoms. The van der Waals surface area contributed by atoms with Crippen molar-refractivity contribution in [1.29, 1.82) is 0 Å². The summed E-state index contributed by atoms with van der Waals surface area (Å²) in [4.78, 5) is 35.9. The van der Waals surface area contributed by atoms with Gasteiger partial charge in [0.2, 0.25) is 5.91 Å². The largest absolute Gasteiger partial charge is 0.343 e. The van der Waals surface area contributed by atoms with Gasteiger partial charge in [0.25, 0.3) is 5.91 Å². The van der Waals surface area contributed by atoms with E-state index in [2.05, 4.69) is 10.6 Å². The first-order valence-corrected chi connectivity index (χ1v) is 7.76. The SMILES string of the molecule is Cn1c(=O)n(C)c2cc(NC(=O)CNC(=O)c3ccccc3)ccc21. The molecule has 0 aliphatic carbocycles. The highest BCUT2D eigenvalue weighted by Gasteiger charge is 2.11. The minimum absolute atomic E-state index is 0.131. The summed E-state index contributed by atoms with van der Waals surface area (Å²) in [5, 5.41) is 5.29. The summed E-state index contributed by atoms with van der Waals surface area (Å²) in [6.45, 7) is -0.139. The molecule has 3 aromatic rings. The number of rotatable bonds is 4. The van der Waals surface area contributed by atoms with Crippen LogP contribution in [0.15, 0.2) is 53.3 Å². The predicted octanol–water partition coefficient (Wildman–Crippen LogP) is 1.25. The molecule has 0 radical (unpaired) electrons. The first-order chi connectivity index (χ1) is 12.0. The van der Waals surface area contributed by atoms with Crippen LogP contribution in [-0.4, -0.2) is 27.5 Å². The number of amides is 2. The van der Waals surface area contributed by atoms with Crippen LogP contribution in [0.25, 0.3) is 11.0 Å². The highest BCUT2D eigenvalue weighted by atomic mass is 16.2. The van der Waals surface area contributed by atoms with Crippen LogP contribution in [0.1, 0.15) is 10.4 Å². The van der Waals surface area contributed by atoms with Crippen molar-refractivity contribution in [2.75, 3.05) is 11.9 Å². The molecule has 1 aromatic heterocycles. The van der Waals surface area contributed by atoms with Crippen LogP contribution in [0.5, 0.6) is 0 Å². The Kier molecular flexibility index (Phi) is 4.38. The molecular formula is C18H18N4O3. The molecule has 7 heteroatoms. The molecule has 0 fully saturated rings.